The van der Waals surface area contributed by atoms with Gasteiger partial charge < -0.3 is 14.7 Å². The van der Waals surface area contributed by atoms with E-state index >= 15 is 0 Å². The minimum Gasteiger partial charge on any atom is -0.491 e. The third-order valence-electron chi connectivity index (χ3n) is 5.69. The standard InChI is InChI=1S/C27H28F2N2O3/c1-19-4-2-3-5-27(19)33-18-24(32)16-31(15-20-6-10-22(28)11-7-20)17-25-14-26(30-34-25)21-8-12-23(29)13-9-21/h2-13,24-25,32H,14-18H2,1H3/t24-,25-/m1/s1. The molecule has 4 rings (SSSR count). The van der Waals surface area contributed by atoms with Gasteiger partial charge in [0.2, 0.25) is 0 Å². The molecule has 0 aromatic heterocycles. The monoisotopic (exact) mass is 466 g/mol. The number of aliphatic hydroxyl groups excluding tert-OH is 1. The van der Waals surface area contributed by atoms with E-state index in [2.05, 4.69) is 5.16 Å². The second-order valence-corrected chi connectivity index (χ2v) is 8.53. The summed E-state index contributed by atoms with van der Waals surface area (Å²) in [5.74, 6) is 0.147. The van der Waals surface area contributed by atoms with E-state index in [0.29, 0.717) is 26.1 Å². The Balaban J connectivity index is 1.38. The molecule has 0 unspecified atom stereocenters. The summed E-state index contributed by atoms with van der Waals surface area (Å²) in [7, 11) is 0. The van der Waals surface area contributed by atoms with Gasteiger partial charge in [-0.3, -0.25) is 4.90 Å². The highest BCUT2D eigenvalue weighted by molar-refractivity contribution is 6.01. The van der Waals surface area contributed by atoms with Gasteiger partial charge in [-0.25, -0.2) is 8.78 Å². The second-order valence-electron chi connectivity index (χ2n) is 8.53. The molecule has 1 aliphatic heterocycles. The molecule has 7 heteroatoms. The van der Waals surface area contributed by atoms with Crippen LogP contribution in [0.4, 0.5) is 8.78 Å². The zero-order valence-corrected chi connectivity index (χ0v) is 19.0. The summed E-state index contributed by atoms with van der Waals surface area (Å²) >= 11 is 0. The molecule has 3 aromatic rings. The first kappa shape index (κ1) is 23.9. The number of nitrogens with zero attached hydrogens (tertiary/aromatic N) is 2. The van der Waals surface area contributed by atoms with Crippen LogP contribution < -0.4 is 4.74 Å². The predicted octanol–water partition coefficient (Wildman–Crippen LogP) is 4.71. The summed E-state index contributed by atoms with van der Waals surface area (Å²) < 4.78 is 32.4. The number of oxime groups is 1. The van der Waals surface area contributed by atoms with Crippen molar-refractivity contribution in [1.29, 1.82) is 0 Å². The van der Waals surface area contributed by atoms with Gasteiger partial charge in [0, 0.05) is 26.1 Å². The summed E-state index contributed by atoms with van der Waals surface area (Å²) in [5, 5.41) is 14.9. The quantitative estimate of drug-likeness (QED) is 0.470. The average molecular weight is 467 g/mol. The van der Waals surface area contributed by atoms with Crippen LogP contribution >= 0.6 is 0 Å². The Hall–Kier alpha value is -3.29. The molecule has 0 saturated heterocycles. The van der Waals surface area contributed by atoms with Gasteiger partial charge in [-0.2, -0.15) is 0 Å². The summed E-state index contributed by atoms with van der Waals surface area (Å²) in [6.45, 7) is 3.46. The lowest BCUT2D eigenvalue weighted by Crippen LogP contribution is -2.39. The Morgan fingerprint density at radius 3 is 2.41 bits per heavy atom. The van der Waals surface area contributed by atoms with E-state index in [0.717, 1.165) is 28.2 Å². The number of para-hydroxylation sites is 1. The molecule has 0 radical (unpaired) electrons. The van der Waals surface area contributed by atoms with Crippen LogP contribution in [0.3, 0.4) is 0 Å². The lowest BCUT2D eigenvalue weighted by Gasteiger charge is -2.27. The zero-order chi connectivity index (χ0) is 23.9. The first-order valence-electron chi connectivity index (χ1n) is 11.3. The van der Waals surface area contributed by atoms with Gasteiger partial charge in [0.05, 0.1) is 5.71 Å². The van der Waals surface area contributed by atoms with E-state index in [4.69, 9.17) is 9.57 Å². The van der Waals surface area contributed by atoms with Gasteiger partial charge in [0.25, 0.3) is 0 Å². The molecular formula is C27H28F2N2O3. The molecule has 1 aliphatic rings. The molecule has 0 bridgehead atoms. The SMILES string of the molecule is Cc1ccccc1OC[C@H](O)CN(Cc1ccc(F)cc1)C[C@H]1CC(c2ccc(F)cc2)=NO1. The topological polar surface area (TPSA) is 54.3 Å². The first-order chi connectivity index (χ1) is 16.5. The van der Waals surface area contributed by atoms with Crippen molar-refractivity contribution in [2.75, 3.05) is 19.7 Å². The van der Waals surface area contributed by atoms with Crippen molar-refractivity contribution in [3.05, 3.63) is 101 Å². The molecule has 0 spiro atoms. The maximum Gasteiger partial charge on any atom is 0.145 e. The van der Waals surface area contributed by atoms with Crippen molar-refractivity contribution in [3.63, 3.8) is 0 Å². The molecule has 0 fully saturated rings. The van der Waals surface area contributed by atoms with Crippen molar-refractivity contribution >= 4 is 5.71 Å². The van der Waals surface area contributed by atoms with Crippen molar-refractivity contribution < 1.29 is 23.5 Å². The van der Waals surface area contributed by atoms with Crippen LogP contribution in [0.1, 0.15) is 23.1 Å². The Morgan fingerprint density at radius 1 is 1.03 bits per heavy atom. The van der Waals surface area contributed by atoms with Crippen LogP contribution in [0.5, 0.6) is 5.75 Å². The molecule has 3 aromatic carbocycles. The van der Waals surface area contributed by atoms with Crippen LogP contribution in [0.15, 0.2) is 78.0 Å². The number of aliphatic hydroxyl groups is 1. The number of hydrogen-bond donors (Lipinski definition) is 1. The summed E-state index contributed by atoms with van der Waals surface area (Å²) in [5.41, 5.74) is 3.50. The number of halogens is 2. The molecule has 0 saturated carbocycles. The van der Waals surface area contributed by atoms with Crippen LogP contribution in [0.2, 0.25) is 0 Å². The average Bonchev–Trinajstić information content (AvgIpc) is 3.29. The number of benzene rings is 3. The van der Waals surface area contributed by atoms with Gasteiger partial charge in [-0.1, -0.05) is 47.6 Å². The van der Waals surface area contributed by atoms with Crippen LogP contribution in [-0.2, 0) is 11.4 Å². The highest BCUT2D eigenvalue weighted by Gasteiger charge is 2.26. The molecule has 0 aliphatic carbocycles. The predicted molar refractivity (Wildman–Crippen MR) is 127 cm³/mol. The first-order valence-corrected chi connectivity index (χ1v) is 11.3. The van der Waals surface area contributed by atoms with Crippen LogP contribution in [0.25, 0.3) is 0 Å². The van der Waals surface area contributed by atoms with Gasteiger partial charge in [-0.15, -0.1) is 0 Å². The molecule has 0 amide bonds. The zero-order valence-electron chi connectivity index (χ0n) is 19.0. The van der Waals surface area contributed by atoms with E-state index in [-0.39, 0.29) is 24.3 Å². The third kappa shape index (κ3) is 6.62. The molecule has 34 heavy (non-hydrogen) atoms. The van der Waals surface area contributed by atoms with E-state index in [9.17, 15) is 13.9 Å². The van der Waals surface area contributed by atoms with Crippen molar-refractivity contribution in [1.82, 2.24) is 4.90 Å². The smallest absolute Gasteiger partial charge is 0.145 e. The Bertz CT molecular complexity index is 1100. The lowest BCUT2D eigenvalue weighted by atomic mass is 10.0. The van der Waals surface area contributed by atoms with Gasteiger partial charge in [-0.05, 0) is 53.9 Å². The van der Waals surface area contributed by atoms with Crippen molar-refractivity contribution in [2.45, 2.75) is 32.1 Å². The highest BCUT2D eigenvalue weighted by Crippen LogP contribution is 2.20. The second kappa shape index (κ2) is 11.2. The molecule has 1 N–H and O–H groups in total. The fraction of sp³-hybridized carbons (Fsp3) is 0.296. The minimum atomic E-state index is -0.737. The molecule has 178 valence electrons. The number of aryl methyl sites for hydroxylation is 1. The Kier molecular flexibility index (Phi) is 7.87. The summed E-state index contributed by atoms with van der Waals surface area (Å²) in [6, 6.07) is 20.1. The van der Waals surface area contributed by atoms with E-state index in [1.165, 1.54) is 24.3 Å². The van der Waals surface area contributed by atoms with Crippen LogP contribution in [0, 0.1) is 18.6 Å². The largest absolute Gasteiger partial charge is 0.491 e. The maximum absolute atomic E-state index is 13.4. The fourth-order valence-electron chi connectivity index (χ4n) is 3.93. The van der Waals surface area contributed by atoms with Crippen molar-refractivity contribution in [3.8, 4) is 5.75 Å². The summed E-state index contributed by atoms with van der Waals surface area (Å²) in [6.07, 6.45) is -0.384. The maximum atomic E-state index is 13.4. The van der Waals surface area contributed by atoms with Crippen molar-refractivity contribution in [2.24, 2.45) is 5.16 Å². The summed E-state index contributed by atoms with van der Waals surface area (Å²) in [4.78, 5) is 7.69. The molecular weight excluding hydrogens is 438 g/mol. The van der Waals surface area contributed by atoms with Gasteiger partial charge in [0.15, 0.2) is 0 Å². The number of rotatable bonds is 10. The Morgan fingerprint density at radius 2 is 1.71 bits per heavy atom. The third-order valence-corrected chi connectivity index (χ3v) is 5.69. The molecule has 2 atom stereocenters. The fourth-order valence-corrected chi connectivity index (χ4v) is 3.93. The normalized spacial score (nSPS) is 16.3. The van der Waals surface area contributed by atoms with E-state index in [1.54, 1.807) is 24.3 Å². The highest BCUT2D eigenvalue weighted by atomic mass is 19.1. The van der Waals surface area contributed by atoms with E-state index < -0.39 is 6.10 Å². The minimum absolute atomic E-state index is 0.146. The van der Waals surface area contributed by atoms with E-state index in [1.807, 2.05) is 36.1 Å². The number of hydrogen-bond acceptors (Lipinski definition) is 5. The molecule has 5 nitrogen and oxygen atoms in total. The van der Waals surface area contributed by atoms with Gasteiger partial charge >= 0.3 is 0 Å². The number of ether oxygens (including phenoxy) is 1. The lowest BCUT2D eigenvalue weighted by molar-refractivity contribution is 0.0212. The van der Waals surface area contributed by atoms with Gasteiger partial charge in [0.1, 0.15) is 36.2 Å². The van der Waals surface area contributed by atoms with Crippen LogP contribution in [-0.4, -0.2) is 47.6 Å². The Labute approximate surface area is 198 Å². The molecule has 1 heterocycles.